The number of aromatic nitrogens is 2. The molecule has 2 heterocycles. The molecule has 6 rings (SSSR count). The number of carbonyl (C=O) groups is 2. The van der Waals surface area contributed by atoms with Crippen LogP contribution >= 0.6 is 0 Å². The standard InChI is InChI=1S/C30H34FN5O3/c1-15-25-20-13-23(26(15)25)36(29(38)39-30(2,3)4)27(20)28(37)33-24(32)12-18-8-6-16(10-21(18)31)17-7-9-19-14-35(5)34-22(19)11-17/h6-11,14,20,23-24,26-27H,12-13,32H2,1-5H3,(H,33,37)/t20-,23+,24+,26-,27+/m1/s1. The molecule has 0 spiro atoms. The molecule has 9 heteroatoms. The zero-order chi connectivity index (χ0) is 27.8. The molecule has 2 amide bonds. The summed E-state index contributed by atoms with van der Waals surface area (Å²) in [5.74, 6) is -0.471. The third-order valence-corrected chi connectivity index (χ3v) is 8.14. The highest BCUT2D eigenvalue weighted by molar-refractivity contribution is 5.89. The fraction of sp³-hybridized carbons (Fsp3) is 0.433. The average molecular weight is 532 g/mol. The summed E-state index contributed by atoms with van der Waals surface area (Å²) in [5, 5.41) is 8.29. The molecule has 2 aliphatic carbocycles. The molecule has 0 unspecified atom stereocenters. The van der Waals surface area contributed by atoms with Crippen molar-refractivity contribution in [1.82, 2.24) is 20.0 Å². The van der Waals surface area contributed by atoms with E-state index in [2.05, 4.69) is 17.3 Å². The summed E-state index contributed by atoms with van der Waals surface area (Å²) in [6, 6.07) is 10.1. The molecule has 0 radical (unpaired) electrons. The number of nitrogens with two attached hydrogens (primary N) is 1. The van der Waals surface area contributed by atoms with Gasteiger partial charge in [-0.05, 0) is 62.9 Å². The first-order valence-electron chi connectivity index (χ1n) is 13.4. The Labute approximate surface area is 227 Å². The SMILES string of the molecule is CC1=C2[C@H]1[C@@H]1C[C@H]2[C@@H](C(=O)N[C@H](N)Cc2ccc(-c3ccc4cn(C)nc4c3)cc2F)N1C(=O)OC(C)(C)C. The van der Waals surface area contributed by atoms with Crippen molar-refractivity contribution in [3.63, 3.8) is 0 Å². The van der Waals surface area contributed by atoms with Crippen LogP contribution in [0, 0.1) is 17.7 Å². The van der Waals surface area contributed by atoms with E-state index in [1.54, 1.807) is 15.6 Å². The normalized spacial score (nSPS) is 24.2. The number of benzene rings is 2. The molecule has 8 nitrogen and oxygen atoms in total. The van der Waals surface area contributed by atoms with Gasteiger partial charge in [0, 0.05) is 42.9 Å². The third-order valence-electron chi connectivity index (χ3n) is 8.14. The van der Waals surface area contributed by atoms with E-state index in [9.17, 15) is 9.59 Å². The Balaban J connectivity index is 1.15. The van der Waals surface area contributed by atoms with E-state index in [0.717, 1.165) is 28.5 Å². The topological polar surface area (TPSA) is 102 Å². The van der Waals surface area contributed by atoms with Crippen molar-refractivity contribution in [2.24, 2.45) is 24.6 Å². The van der Waals surface area contributed by atoms with Gasteiger partial charge in [-0.25, -0.2) is 9.18 Å². The molecule has 3 N–H and O–H groups in total. The van der Waals surface area contributed by atoms with Crippen LogP contribution < -0.4 is 11.1 Å². The Morgan fingerprint density at radius 3 is 2.64 bits per heavy atom. The molecule has 1 saturated carbocycles. The molecule has 2 bridgehead atoms. The minimum Gasteiger partial charge on any atom is -0.444 e. The molecule has 2 fully saturated rings. The number of piperidine rings is 1. The molecule has 1 aromatic heterocycles. The van der Waals surface area contributed by atoms with Gasteiger partial charge in [-0.2, -0.15) is 5.10 Å². The summed E-state index contributed by atoms with van der Waals surface area (Å²) in [6.07, 6.45) is 1.52. The molecular formula is C30H34FN5O3. The zero-order valence-corrected chi connectivity index (χ0v) is 22.9. The van der Waals surface area contributed by atoms with Crippen molar-refractivity contribution in [1.29, 1.82) is 0 Å². The maximum absolute atomic E-state index is 15.1. The maximum Gasteiger partial charge on any atom is 0.411 e. The van der Waals surface area contributed by atoms with Gasteiger partial charge >= 0.3 is 6.09 Å². The van der Waals surface area contributed by atoms with Crippen LogP contribution in [-0.2, 0) is 23.0 Å². The number of nitrogens with one attached hydrogen (secondary N) is 1. The lowest BCUT2D eigenvalue weighted by atomic mass is 9.97. The van der Waals surface area contributed by atoms with Gasteiger partial charge in [0.15, 0.2) is 0 Å². The molecule has 1 saturated heterocycles. The van der Waals surface area contributed by atoms with E-state index < -0.39 is 29.7 Å². The molecule has 5 atom stereocenters. The van der Waals surface area contributed by atoms with Crippen LogP contribution in [0.5, 0.6) is 0 Å². The first kappa shape index (κ1) is 25.6. The Hall–Kier alpha value is -3.72. The largest absolute Gasteiger partial charge is 0.444 e. The summed E-state index contributed by atoms with van der Waals surface area (Å²) in [7, 11) is 1.86. The number of amides is 2. The van der Waals surface area contributed by atoms with Crippen LogP contribution in [0.3, 0.4) is 0 Å². The Bertz CT molecular complexity index is 1540. The Morgan fingerprint density at radius 1 is 1.21 bits per heavy atom. The number of halogens is 1. The van der Waals surface area contributed by atoms with E-state index in [-0.39, 0.29) is 30.2 Å². The fourth-order valence-electron chi connectivity index (χ4n) is 6.53. The van der Waals surface area contributed by atoms with E-state index in [1.807, 2.05) is 58.3 Å². The number of hydrogen-bond acceptors (Lipinski definition) is 5. The van der Waals surface area contributed by atoms with Crippen LogP contribution in [0.15, 0.2) is 53.7 Å². The van der Waals surface area contributed by atoms with Crippen molar-refractivity contribution in [3.05, 3.63) is 65.1 Å². The van der Waals surface area contributed by atoms with Crippen molar-refractivity contribution in [3.8, 4) is 11.1 Å². The summed E-state index contributed by atoms with van der Waals surface area (Å²) in [5.41, 5.74) is 11.0. The highest BCUT2D eigenvalue weighted by Gasteiger charge is 2.65. The quantitative estimate of drug-likeness (QED) is 0.378. The maximum atomic E-state index is 15.1. The first-order chi connectivity index (χ1) is 18.4. The van der Waals surface area contributed by atoms with Gasteiger partial charge in [0.2, 0.25) is 5.91 Å². The average Bonchev–Trinajstić information content (AvgIpc) is 3.17. The molecule has 1 aliphatic heterocycles. The number of fused-ring (bicyclic) bond motifs is 6. The number of ether oxygens (including phenoxy) is 1. The highest BCUT2D eigenvalue weighted by Crippen LogP contribution is 2.62. The third kappa shape index (κ3) is 4.48. The van der Waals surface area contributed by atoms with Crippen molar-refractivity contribution < 1.29 is 18.7 Å². The molecule has 3 aliphatic rings. The lowest BCUT2D eigenvalue weighted by Crippen LogP contribution is -2.57. The summed E-state index contributed by atoms with van der Waals surface area (Å²) >= 11 is 0. The summed E-state index contributed by atoms with van der Waals surface area (Å²) in [4.78, 5) is 28.2. The molecule has 39 heavy (non-hydrogen) atoms. The van der Waals surface area contributed by atoms with Crippen molar-refractivity contribution >= 4 is 22.9 Å². The Kier molecular flexibility index (Phi) is 5.84. The van der Waals surface area contributed by atoms with Gasteiger partial charge in [0.1, 0.15) is 17.5 Å². The molecular weight excluding hydrogens is 497 g/mol. The van der Waals surface area contributed by atoms with E-state index in [4.69, 9.17) is 10.5 Å². The van der Waals surface area contributed by atoms with Crippen LogP contribution in [0.4, 0.5) is 9.18 Å². The molecule has 3 aromatic rings. The monoisotopic (exact) mass is 531 g/mol. The second-order valence-electron chi connectivity index (χ2n) is 12.1. The number of hydrogen-bond donors (Lipinski definition) is 2. The number of aryl methyl sites for hydroxylation is 1. The Morgan fingerprint density at radius 2 is 1.92 bits per heavy atom. The lowest BCUT2D eigenvalue weighted by molar-refractivity contribution is -0.128. The van der Waals surface area contributed by atoms with Gasteiger partial charge in [-0.15, -0.1) is 0 Å². The highest BCUT2D eigenvalue weighted by atomic mass is 19.1. The lowest BCUT2D eigenvalue weighted by Gasteiger charge is -2.35. The van der Waals surface area contributed by atoms with Gasteiger partial charge in [-0.1, -0.05) is 35.4 Å². The fourth-order valence-corrected chi connectivity index (χ4v) is 6.53. The molecule has 2 aromatic carbocycles. The summed E-state index contributed by atoms with van der Waals surface area (Å²) < 4.78 is 22.5. The van der Waals surface area contributed by atoms with Crippen LogP contribution in [-0.4, -0.2) is 50.5 Å². The predicted octanol–water partition coefficient (Wildman–Crippen LogP) is 4.28. The minimum atomic E-state index is -0.813. The molecule has 204 valence electrons. The minimum absolute atomic E-state index is 0.0211. The van der Waals surface area contributed by atoms with Crippen LogP contribution in [0.1, 0.15) is 39.7 Å². The van der Waals surface area contributed by atoms with Gasteiger partial charge < -0.3 is 15.8 Å². The smallest absolute Gasteiger partial charge is 0.411 e. The van der Waals surface area contributed by atoms with Crippen molar-refractivity contribution in [2.75, 3.05) is 0 Å². The number of likely N-dealkylation sites (tertiary alicyclic amines) is 1. The predicted molar refractivity (Wildman–Crippen MR) is 146 cm³/mol. The number of carbonyl (C=O) groups excluding carboxylic acids is 2. The zero-order valence-electron chi connectivity index (χ0n) is 22.9. The van der Waals surface area contributed by atoms with Crippen LogP contribution in [0.2, 0.25) is 0 Å². The van der Waals surface area contributed by atoms with Gasteiger partial charge in [-0.3, -0.25) is 14.4 Å². The van der Waals surface area contributed by atoms with Crippen molar-refractivity contribution in [2.45, 2.75) is 64.4 Å². The van der Waals surface area contributed by atoms with Gasteiger partial charge in [0.25, 0.3) is 0 Å². The first-order valence-corrected chi connectivity index (χ1v) is 13.4. The number of rotatable bonds is 5. The van der Waals surface area contributed by atoms with Crippen LogP contribution in [0.25, 0.3) is 22.0 Å². The van der Waals surface area contributed by atoms with E-state index >= 15 is 4.39 Å². The number of nitrogens with zero attached hydrogens (tertiary/aromatic N) is 3. The second kappa shape index (κ2) is 8.91. The van der Waals surface area contributed by atoms with Gasteiger partial charge in [0.05, 0.1) is 11.7 Å². The van der Waals surface area contributed by atoms with E-state index in [1.165, 1.54) is 17.2 Å². The van der Waals surface area contributed by atoms with E-state index in [0.29, 0.717) is 5.56 Å². The second-order valence-corrected chi connectivity index (χ2v) is 12.1. The summed E-state index contributed by atoms with van der Waals surface area (Å²) in [6.45, 7) is 7.51.